The van der Waals surface area contributed by atoms with Gasteiger partial charge in [0.25, 0.3) is 0 Å². The molecule has 1 N–H and O–H groups in total. The van der Waals surface area contributed by atoms with Gasteiger partial charge in [-0.15, -0.1) is 0 Å². The van der Waals surface area contributed by atoms with Crippen molar-refractivity contribution >= 4 is 0 Å². The van der Waals surface area contributed by atoms with Crippen molar-refractivity contribution in [2.45, 2.75) is 39.0 Å². The Bertz CT molecular complexity index is 310. The third-order valence-corrected chi connectivity index (χ3v) is 3.79. The van der Waals surface area contributed by atoms with E-state index in [0.717, 1.165) is 24.8 Å². The summed E-state index contributed by atoms with van der Waals surface area (Å²) in [5.41, 5.74) is 1.33. The third kappa shape index (κ3) is 4.47. The summed E-state index contributed by atoms with van der Waals surface area (Å²) in [5.74, 6) is 1.85. The van der Waals surface area contributed by atoms with Crippen LogP contribution < -0.4 is 5.32 Å². The van der Waals surface area contributed by atoms with E-state index in [4.69, 9.17) is 0 Å². The molecular formula is C15H24N2. The smallest absolute Gasteiger partial charge is 0.0300 e. The van der Waals surface area contributed by atoms with Crippen LogP contribution in [0, 0.1) is 11.8 Å². The molecule has 2 nitrogen and oxygen atoms in total. The summed E-state index contributed by atoms with van der Waals surface area (Å²) in [6, 6.07) is 4.16. The minimum Gasteiger partial charge on any atom is -0.316 e. The van der Waals surface area contributed by atoms with Crippen LogP contribution in [0.2, 0.25) is 0 Å². The van der Waals surface area contributed by atoms with Gasteiger partial charge in [-0.3, -0.25) is 4.98 Å². The Hall–Kier alpha value is -0.890. The lowest BCUT2D eigenvalue weighted by molar-refractivity contribution is 0.275. The van der Waals surface area contributed by atoms with Crippen molar-refractivity contribution in [1.29, 1.82) is 0 Å². The van der Waals surface area contributed by atoms with Gasteiger partial charge >= 0.3 is 0 Å². The Kier molecular flexibility index (Phi) is 4.99. The zero-order valence-electron chi connectivity index (χ0n) is 10.9. The van der Waals surface area contributed by atoms with Crippen LogP contribution in [-0.4, -0.2) is 18.1 Å². The van der Waals surface area contributed by atoms with Crippen molar-refractivity contribution in [2.75, 3.05) is 13.1 Å². The van der Waals surface area contributed by atoms with Crippen molar-refractivity contribution in [3.63, 3.8) is 0 Å². The highest BCUT2D eigenvalue weighted by atomic mass is 14.9. The molecule has 2 atom stereocenters. The van der Waals surface area contributed by atoms with Crippen molar-refractivity contribution < 1.29 is 0 Å². The second-order valence-electron chi connectivity index (χ2n) is 5.45. The molecule has 0 aliphatic heterocycles. The van der Waals surface area contributed by atoms with E-state index in [2.05, 4.69) is 23.3 Å². The number of rotatable bonds is 5. The summed E-state index contributed by atoms with van der Waals surface area (Å²) >= 11 is 0. The Morgan fingerprint density at radius 3 is 3.12 bits per heavy atom. The van der Waals surface area contributed by atoms with E-state index in [1.54, 1.807) is 0 Å². The van der Waals surface area contributed by atoms with Crippen molar-refractivity contribution in [3.8, 4) is 0 Å². The molecule has 1 aromatic rings. The van der Waals surface area contributed by atoms with Crippen LogP contribution in [0.3, 0.4) is 0 Å². The monoisotopic (exact) mass is 232 g/mol. The Balaban J connectivity index is 1.60. The zero-order chi connectivity index (χ0) is 11.9. The lowest BCUT2D eigenvalue weighted by atomic mass is 9.82. The van der Waals surface area contributed by atoms with E-state index in [0.29, 0.717) is 0 Å². The lowest BCUT2D eigenvalue weighted by Gasteiger charge is -2.26. The van der Waals surface area contributed by atoms with Crippen LogP contribution in [0.1, 0.15) is 38.2 Å². The fraction of sp³-hybridized carbons (Fsp3) is 0.667. The molecule has 0 amide bonds. The van der Waals surface area contributed by atoms with Crippen molar-refractivity contribution in [2.24, 2.45) is 11.8 Å². The molecule has 1 heterocycles. The van der Waals surface area contributed by atoms with Gasteiger partial charge in [-0.05, 0) is 55.8 Å². The number of hydrogen-bond acceptors (Lipinski definition) is 2. The second kappa shape index (κ2) is 6.75. The normalized spacial score (nSPS) is 24.8. The highest BCUT2D eigenvalue weighted by Gasteiger charge is 2.17. The quantitative estimate of drug-likeness (QED) is 0.789. The molecule has 2 unspecified atom stereocenters. The molecule has 94 valence electrons. The van der Waals surface area contributed by atoms with E-state index in [1.165, 1.54) is 37.8 Å². The predicted octanol–water partition coefficient (Wildman–Crippen LogP) is 3.04. The summed E-state index contributed by atoms with van der Waals surface area (Å²) in [6.07, 6.45) is 10.6. The molecule has 0 radical (unpaired) electrons. The number of aromatic nitrogens is 1. The van der Waals surface area contributed by atoms with Crippen LogP contribution in [0.15, 0.2) is 24.5 Å². The van der Waals surface area contributed by atoms with Gasteiger partial charge in [0, 0.05) is 12.4 Å². The third-order valence-electron chi connectivity index (χ3n) is 3.79. The molecule has 1 aliphatic rings. The lowest BCUT2D eigenvalue weighted by Crippen LogP contribution is -2.28. The summed E-state index contributed by atoms with van der Waals surface area (Å²) in [7, 11) is 0. The fourth-order valence-electron chi connectivity index (χ4n) is 2.83. The molecule has 2 rings (SSSR count). The molecule has 0 bridgehead atoms. The average Bonchev–Trinajstić information content (AvgIpc) is 2.36. The van der Waals surface area contributed by atoms with E-state index in [9.17, 15) is 0 Å². The van der Waals surface area contributed by atoms with E-state index < -0.39 is 0 Å². The molecule has 0 aromatic carbocycles. The van der Waals surface area contributed by atoms with Gasteiger partial charge in [0.2, 0.25) is 0 Å². The molecule has 2 heteroatoms. The van der Waals surface area contributed by atoms with E-state index in [-0.39, 0.29) is 0 Å². The molecule has 0 spiro atoms. The van der Waals surface area contributed by atoms with Crippen LogP contribution in [0.4, 0.5) is 0 Å². The topological polar surface area (TPSA) is 24.9 Å². The van der Waals surface area contributed by atoms with Crippen LogP contribution in [0.5, 0.6) is 0 Å². The van der Waals surface area contributed by atoms with E-state index >= 15 is 0 Å². The Morgan fingerprint density at radius 1 is 1.41 bits per heavy atom. The van der Waals surface area contributed by atoms with Gasteiger partial charge in [-0.1, -0.05) is 25.8 Å². The van der Waals surface area contributed by atoms with Gasteiger partial charge < -0.3 is 5.32 Å². The van der Waals surface area contributed by atoms with Gasteiger partial charge in [-0.2, -0.15) is 0 Å². The van der Waals surface area contributed by atoms with Gasteiger partial charge in [0.1, 0.15) is 0 Å². The largest absolute Gasteiger partial charge is 0.316 e. The highest BCUT2D eigenvalue weighted by Crippen LogP contribution is 2.27. The summed E-state index contributed by atoms with van der Waals surface area (Å²) in [4.78, 5) is 4.14. The molecule has 1 fully saturated rings. The Morgan fingerprint density at radius 2 is 2.35 bits per heavy atom. The predicted molar refractivity (Wildman–Crippen MR) is 71.9 cm³/mol. The highest BCUT2D eigenvalue weighted by molar-refractivity contribution is 5.08. The molecule has 1 aliphatic carbocycles. The molecule has 17 heavy (non-hydrogen) atoms. The van der Waals surface area contributed by atoms with Crippen molar-refractivity contribution in [1.82, 2.24) is 10.3 Å². The fourth-order valence-corrected chi connectivity index (χ4v) is 2.83. The van der Waals surface area contributed by atoms with E-state index in [1.807, 2.05) is 18.5 Å². The minimum absolute atomic E-state index is 0.910. The summed E-state index contributed by atoms with van der Waals surface area (Å²) in [6.45, 7) is 4.67. The molecule has 1 saturated carbocycles. The average molecular weight is 232 g/mol. The summed E-state index contributed by atoms with van der Waals surface area (Å²) < 4.78 is 0. The van der Waals surface area contributed by atoms with Crippen molar-refractivity contribution in [3.05, 3.63) is 30.1 Å². The van der Waals surface area contributed by atoms with Crippen LogP contribution in [0.25, 0.3) is 0 Å². The number of nitrogens with one attached hydrogen (secondary N) is 1. The first-order valence-electron chi connectivity index (χ1n) is 6.94. The van der Waals surface area contributed by atoms with Gasteiger partial charge in [0.05, 0.1) is 0 Å². The maximum Gasteiger partial charge on any atom is 0.0300 e. The zero-order valence-corrected chi connectivity index (χ0v) is 10.9. The minimum atomic E-state index is 0.910. The van der Waals surface area contributed by atoms with Crippen LogP contribution in [-0.2, 0) is 6.42 Å². The SMILES string of the molecule is CC1CCCC(CNCCc2cccnc2)C1. The maximum atomic E-state index is 4.14. The summed E-state index contributed by atoms with van der Waals surface area (Å²) in [5, 5.41) is 3.60. The maximum absolute atomic E-state index is 4.14. The number of hydrogen-bond donors (Lipinski definition) is 1. The van der Waals surface area contributed by atoms with Gasteiger partial charge in [-0.25, -0.2) is 0 Å². The van der Waals surface area contributed by atoms with Gasteiger partial charge in [0.15, 0.2) is 0 Å². The first kappa shape index (κ1) is 12.6. The first-order chi connectivity index (χ1) is 8.34. The molecular weight excluding hydrogens is 208 g/mol. The molecule has 1 aromatic heterocycles. The Labute approximate surface area is 105 Å². The standard InChI is InChI=1S/C15H24N2/c1-13-4-2-5-15(10-13)12-17-9-7-14-6-3-8-16-11-14/h3,6,8,11,13,15,17H,2,4-5,7,9-10,12H2,1H3. The van der Waals surface area contributed by atoms with Crippen LogP contribution >= 0.6 is 0 Å². The number of pyridine rings is 1. The molecule has 0 saturated heterocycles. The number of nitrogens with zero attached hydrogens (tertiary/aromatic N) is 1. The first-order valence-corrected chi connectivity index (χ1v) is 6.94. The second-order valence-corrected chi connectivity index (χ2v) is 5.45.